The molecule has 1 aliphatic rings. The van der Waals surface area contributed by atoms with Gasteiger partial charge in [-0.15, -0.1) is 0 Å². The lowest BCUT2D eigenvalue weighted by Gasteiger charge is -2.24. The van der Waals surface area contributed by atoms with Crippen LogP contribution in [0.3, 0.4) is 0 Å². The number of carbonyl (C=O) groups is 1. The molecule has 2 aromatic heterocycles. The van der Waals surface area contributed by atoms with Crippen LogP contribution in [0.2, 0.25) is 0 Å². The zero-order valence-corrected chi connectivity index (χ0v) is 25.4. The van der Waals surface area contributed by atoms with E-state index in [-0.39, 0.29) is 12.2 Å². The summed E-state index contributed by atoms with van der Waals surface area (Å²) in [7, 11) is 1.63. The number of thiazole rings is 1. The number of allylic oxidation sites excluding steroid dienone is 1. The predicted octanol–water partition coefficient (Wildman–Crippen LogP) is 5.52. The number of esters is 1. The van der Waals surface area contributed by atoms with Gasteiger partial charge in [-0.1, -0.05) is 66.5 Å². The van der Waals surface area contributed by atoms with E-state index < -0.39 is 12.0 Å². The zero-order valence-electron chi connectivity index (χ0n) is 24.6. The van der Waals surface area contributed by atoms with Crippen LogP contribution in [0.25, 0.3) is 28.2 Å². The first-order valence-corrected chi connectivity index (χ1v) is 15.0. The first-order valence-electron chi connectivity index (χ1n) is 14.2. The molecule has 0 saturated carbocycles. The molecule has 0 spiro atoms. The summed E-state index contributed by atoms with van der Waals surface area (Å²) < 4.78 is 18.7. The van der Waals surface area contributed by atoms with Crippen molar-refractivity contribution in [2.45, 2.75) is 19.9 Å². The number of H-pyrrole nitrogens is 1. The molecular weight excluding hydrogens is 574 g/mol. The van der Waals surface area contributed by atoms with Crippen LogP contribution in [0.15, 0.2) is 107 Å². The second kappa shape index (κ2) is 12.2. The van der Waals surface area contributed by atoms with Gasteiger partial charge in [0.1, 0.15) is 18.1 Å². The van der Waals surface area contributed by atoms with Gasteiger partial charge in [-0.05, 0) is 61.4 Å². The first kappa shape index (κ1) is 28.9. The Labute approximate surface area is 257 Å². The highest BCUT2D eigenvalue weighted by Gasteiger charge is 2.33. The van der Waals surface area contributed by atoms with Crippen LogP contribution in [-0.2, 0) is 9.53 Å². The molecule has 6 rings (SSSR count). The van der Waals surface area contributed by atoms with Crippen LogP contribution in [0.1, 0.15) is 31.0 Å². The average Bonchev–Trinajstić information content (AvgIpc) is 3.56. The molecule has 0 unspecified atom stereocenters. The summed E-state index contributed by atoms with van der Waals surface area (Å²) >= 11 is 1.29. The fourth-order valence-electron chi connectivity index (χ4n) is 5.44. The summed E-state index contributed by atoms with van der Waals surface area (Å²) in [5.74, 6) is 0.861. The van der Waals surface area contributed by atoms with Gasteiger partial charge < -0.3 is 19.2 Å². The molecule has 0 fully saturated rings. The van der Waals surface area contributed by atoms with Crippen LogP contribution in [0, 0.1) is 0 Å². The molecule has 0 radical (unpaired) electrons. The molecule has 3 aromatic carbocycles. The Balaban J connectivity index is 1.57. The van der Waals surface area contributed by atoms with Gasteiger partial charge in [-0.25, -0.2) is 9.79 Å². The molecule has 0 amide bonds. The third-order valence-electron chi connectivity index (χ3n) is 7.46. The fraction of sp³-hybridized carbons (Fsp3) is 0.171. The number of hydrogen-bond acceptors (Lipinski definition) is 7. The van der Waals surface area contributed by atoms with Gasteiger partial charge in [-0.2, -0.15) is 0 Å². The summed E-state index contributed by atoms with van der Waals surface area (Å²) in [6.45, 7) is 7.79. The summed E-state index contributed by atoms with van der Waals surface area (Å²) in [6, 6.07) is 22.4. The molecular formula is C35H31N3O5S. The summed E-state index contributed by atoms with van der Waals surface area (Å²) in [4.78, 5) is 36.3. The first-order chi connectivity index (χ1) is 21.4. The van der Waals surface area contributed by atoms with Gasteiger partial charge >= 0.3 is 5.97 Å². The Kier molecular flexibility index (Phi) is 8.04. The Morgan fingerprint density at radius 1 is 1.09 bits per heavy atom. The maximum Gasteiger partial charge on any atom is 0.338 e. The van der Waals surface area contributed by atoms with Crippen molar-refractivity contribution in [2.24, 2.45) is 4.99 Å². The van der Waals surface area contributed by atoms with E-state index in [0.29, 0.717) is 38.7 Å². The van der Waals surface area contributed by atoms with Gasteiger partial charge in [-0.3, -0.25) is 9.36 Å². The molecule has 0 bridgehead atoms. The van der Waals surface area contributed by atoms with E-state index >= 15 is 0 Å². The maximum absolute atomic E-state index is 14.3. The monoisotopic (exact) mass is 605 g/mol. The van der Waals surface area contributed by atoms with Crippen LogP contribution in [0.5, 0.6) is 11.5 Å². The van der Waals surface area contributed by atoms with Gasteiger partial charge in [0.25, 0.3) is 5.56 Å². The lowest BCUT2D eigenvalue weighted by Crippen LogP contribution is -2.39. The number of nitrogens with one attached hydrogen (secondary N) is 1. The number of aromatic amines is 1. The van der Waals surface area contributed by atoms with E-state index in [2.05, 4.69) is 11.6 Å². The molecule has 5 aromatic rings. The summed E-state index contributed by atoms with van der Waals surface area (Å²) in [6.07, 6.45) is 3.57. The molecule has 3 heterocycles. The van der Waals surface area contributed by atoms with Gasteiger partial charge in [0.05, 0.1) is 41.3 Å². The van der Waals surface area contributed by atoms with Crippen LogP contribution < -0.4 is 24.4 Å². The minimum atomic E-state index is -0.724. The van der Waals surface area contributed by atoms with Crippen molar-refractivity contribution in [2.75, 3.05) is 20.3 Å². The quantitative estimate of drug-likeness (QED) is 0.176. The van der Waals surface area contributed by atoms with Crippen LogP contribution in [-0.4, -0.2) is 35.8 Å². The number of benzene rings is 3. The number of ether oxygens (including phenoxy) is 3. The third kappa shape index (κ3) is 5.26. The number of rotatable bonds is 9. The van der Waals surface area contributed by atoms with Crippen LogP contribution in [0.4, 0.5) is 0 Å². The number of methoxy groups -OCH3 is 1. The van der Waals surface area contributed by atoms with Crippen molar-refractivity contribution >= 4 is 34.3 Å². The van der Waals surface area contributed by atoms with Crippen molar-refractivity contribution < 1.29 is 19.0 Å². The van der Waals surface area contributed by atoms with E-state index in [1.54, 1.807) is 31.6 Å². The highest BCUT2D eigenvalue weighted by atomic mass is 32.1. The van der Waals surface area contributed by atoms with E-state index in [4.69, 9.17) is 19.2 Å². The number of hydrogen-bond donors (Lipinski definition) is 1. The minimum absolute atomic E-state index is 0.202. The largest absolute Gasteiger partial charge is 0.497 e. The standard InChI is InChI=1S/C35H31N3O5S/c1-5-18-43-24-14-12-23(13-15-24)32-30(34(40)42-6-2)21(3)36-35-38(32)33(39)29(44-35)20-27-26-19-25(41-4)16-17-28(26)37-31(27)22-10-8-7-9-11-22/h5,7-17,19-20,32,37H,1,6,18H2,2-4H3/b29-20-/t32-/m0/s1. The number of fused-ring (bicyclic) bond motifs is 2. The third-order valence-corrected chi connectivity index (χ3v) is 8.45. The Morgan fingerprint density at radius 2 is 1.84 bits per heavy atom. The average molecular weight is 606 g/mol. The molecule has 222 valence electrons. The highest BCUT2D eigenvalue weighted by molar-refractivity contribution is 7.07. The topological polar surface area (TPSA) is 94.9 Å². The molecule has 0 aliphatic carbocycles. The van der Waals surface area contributed by atoms with Crippen molar-refractivity contribution in [3.63, 3.8) is 0 Å². The lowest BCUT2D eigenvalue weighted by atomic mass is 9.96. The zero-order chi connectivity index (χ0) is 30.8. The Morgan fingerprint density at radius 3 is 2.55 bits per heavy atom. The van der Waals surface area contributed by atoms with Gasteiger partial charge in [0.2, 0.25) is 0 Å². The molecule has 44 heavy (non-hydrogen) atoms. The second-order valence-electron chi connectivity index (χ2n) is 10.2. The highest BCUT2D eigenvalue weighted by Crippen LogP contribution is 2.34. The molecule has 0 saturated heterocycles. The molecule has 1 aliphatic heterocycles. The van der Waals surface area contributed by atoms with E-state index in [1.165, 1.54) is 11.3 Å². The van der Waals surface area contributed by atoms with Gasteiger partial charge in [0, 0.05) is 16.5 Å². The SMILES string of the molecule is C=CCOc1ccc([C@H]2C(C(=O)OCC)=C(C)N=c3s/c(=C\c4c(-c5ccccc5)[nH]c5ccc(OC)cc45)c(=O)n32)cc1. The van der Waals surface area contributed by atoms with Crippen molar-refractivity contribution in [3.8, 4) is 22.8 Å². The number of carbonyl (C=O) groups excluding carboxylic acids is 1. The van der Waals surface area contributed by atoms with Gasteiger partial charge in [0.15, 0.2) is 4.80 Å². The number of aromatic nitrogens is 2. The fourth-order valence-corrected chi connectivity index (χ4v) is 6.47. The van der Waals surface area contributed by atoms with E-state index in [0.717, 1.165) is 33.3 Å². The predicted molar refractivity (Wildman–Crippen MR) is 173 cm³/mol. The molecule has 1 atom stereocenters. The van der Waals surface area contributed by atoms with Crippen molar-refractivity contribution in [1.82, 2.24) is 9.55 Å². The molecule has 8 nitrogen and oxygen atoms in total. The minimum Gasteiger partial charge on any atom is -0.497 e. The van der Waals surface area contributed by atoms with E-state index in [9.17, 15) is 9.59 Å². The molecule has 9 heteroatoms. The lowest BCUT2D eigenvalue weighted by molar-refractivity contribution is -0.139. The summed E-state index contributed by atoms with van der Waals surface area (Å²) in [5.41, 5.74) is 4.97. The van der Waals surface area contributed by atoms with Crippen molar-refractivity contribution in [1.29, 1.82) is 0 Å². The smallest absolute Gasteiger partial charge is 0.338 e. The Hall–Kier alpha value is -5.15. The number of nitrogens with zero attached hydrogens (tertiary/aromatic N) is 2. The second-order valence-corrected chi connectivity index (χ2v) is 11.2. The molecule has 1 N–H and O–H groups in total. The van der Waals surface area contributed by atoms with E-state index in [1.807, 2.05) is 78.9 Å². The summed E-state index contributed by atoms with van der Waals surface area (Å²) in [5, 5.41) is 0.920. The maximum atomic E-state index is 14.3. The Bertz CT molecular complexity index is 2090. The normalized spacial score (nSPS) is 14.7. The van der Waals surface area contributed by atoms with Crippen molar-refractivity contribution in [3.05, 3.63) is 128 Å². The van der Waals surface area contributed by atoms with Crippen LogP contribution >= 0.6 is 11.3 Å².